The molecule has 0 aliphatic rings. The molecular formula is C13H23N5O3. The maximum absolute atomic E-state index is 11.7. The molecule has 118 valence electrons. The molecule has 1 aromatic rings. The number of esters is 1. The number of rotatable bonds is 5. The van der Waals surface area contributed by atoms with Gasteiger partial charge in [-0.2, -0.15) is 0 Å². The fraction of sp³-hybridized carbons (Fsp3) is 0.692. The number of urea groups is 1. The van der Waals surface area contributed by atoms with E-state index in [4.69, 9.17) is 4.74 Å². The molecule has 2 amide bonds. The summed E-state index contributed by atoms with van der Waals surface area (Å²) in [5.41, 5.74) is -0.515. The molecule has 1 aromatic heterocycles. The quantitative estimate of drug-likeness (QED) is 0.787. The number of nitrogens with zero attached hydrogens (tertiary/aromatic N) is 3. The molecule has 8 nitrogen and oxygen atoms in total. The second-order valence-corrected chi connectivity index (χ2v) is 5.76. The van der Waals surface area contributed by atoms with Crippen molar-refractivity contribution in [3.8, 4) is 0 Å². The minimum Gasteiger partial charge on any atom is -0.460 e. The Hall–Kier alpha value is -2.12. The van der Waals surface area contributed by atoms with Crippen LogP contribution in [0.5, 0.6) is 0 Å². The van der Waals surface area contributed by atoms with Gasteiger partial charge in [0.1, 0.15) is 11.9 Å². The topological polar surface area (TPSA) is 98.1 Å². The van der Waals surface area contributed by atoms with Crippen LogP contribution in [0, 0.1) is 0 Å². The highest BCUT2D eigenvalue weighted by Gasteiger charge is 2.17. The van der Waals surface area contributed by atoms with Crippen molar-refractivity contribution in [2.75, 3.05) is 6.54 Å². The third-order valence-corrected chi connectivity index (χ3v) is 2.52. The van der Waals surface area contributed by atoms with E-state index < -0.39 is 5.60 Å². The number of hydrogen-bond acceptors (Lipinski definition) is 5. The summed E-state index contributed by atoms with van der Waals surface area (Å²) in [4.78, 5) is 23.2. The molecule has 0 radical (unpaired) electrons. The Balaban J connectivity index is 2.29. The summed E-state index contributed by atoms with van der Waals surface area (Å²) in [6.07, 6.45) is 1.69. The highest BCUT2D eigenvalue weighted by Crippen LogP contribution is 2.08. The SMILES string of the molecule is C[C@H](NC(=O)NCCC(=O)OC(C)(C)C)c1nncn1C. The van der Waals surface area contributed by atoms with Crippen molar-refractivity contribution < 1.29 is 14.3 Å². The second kappa shape index (κ2) is 7.05. The van der Waals surface area contributed by atoms with Gasteiger partial charge in [0.15, 0.2) is 5.82 Å². The van der Waals surface area contributed by atoms with Crippen LogP contribution >= 0.6 is 0 Å². The van der Waals surface area contributed by atoms with Crippen molar-refractivity contribution in [2.24, 2.45) is 7.05 Å². The molecule has 0 aliphatic heterocycles. The third kappa shape index (κ3) is 6.24. The van der Waals surface area contributed by atoms with Crippen LogP contribution in [-0.2, 0) is 16.6 Å². The van der Waals surface area contributed by atoms with Crippen LogP contribution in [0.2, 0.25) is 0 Å². The van der Waals surface area contributed by atoms with Crippen molar-refractivity contribution in [1.82, 2.24) is 25.4 Å². The first-order chi connectivity index (χ1) is 9.69. The minimum absolute atomic E-state index is 0.128. The number of nitrogens with one attached hydrogen (secondary N) is 2. The van der Waals surface area contributed by atoms with Crippen LogP contribution in [-0.4, -0.2) is 38.9 Å². The first kappa shape index (κ1) is 16.9. The molecular weight excluding hydrogens is 274 g/mol. The molecule has 2 N–H and O–H groups in total. The lowest BCUT2D eigenvalue weighted by molar-refractivity contribution is -0.154. The number of carbonyl (C=O) groups is 2. The van der Waals surface area contributed by atoms with Crippen LogP contribution < -0.4 is 10.6 Å². The molecule has 0 fully saturated rings. The van der Waals surface area contributed by atoms with Gasteiger partial charge in [0.05, 0.1) is 12.5 Å². The van der Waals surface area contributed by atoms with Gasteiger partial charge in [0, 0.05) is 13.6 Å². The molecule has 1 rings (SSSR count). The summed E-state index contributed by atoms with van der Waals surface area (Å²) in [5, 5.41) is 13.0. The van der Waals surface area contributed by atoms with Crippen LogP contribution in [0.3, 0.4) is 0 Å². The maximum Gasteiger partial charge on any atom is 0.315 e. The van der Waals surface area contributed by atoms with Crippen molar-refractivity contribution in [2.45, 2.75) is 45.8 Å². The Labute approximate surface area is 124 Å². The molecule has 0 bridgehead atoms. The molecule has 0 spiro atoms. The van der Waals surface area contributed by atoms with Gasteiger partial charge in [-0.25, -0.2) is 4.79 Å². The van der Waals surface area contributed by atoms with Crippen molar-refractivity contribution >= 4 is 12.0 Å². The predicted molar refractivity (Wildman–Crippen MR) is 76.4 cm³/mol. The van der Waals surface area contributed by atoms with E-state index in [1.807, 2.05) is 0 Å². The second-order valence-electron chi connectivity index (χ2n) is 5.76. The van der Waals surface area contributed by atoms with Gasteiger partial charge >= 0.3 is 12.0 Å². The van der Waals surface area contributed by atoms with Gasteiger partial charge < -0.3 is 19.9 Å². The van der Waals surface area contributed by atoms with E-state index in [0.717, 1.165) is 0 Å². The summed E-state index contributed by atoms with van der Waals surface area (Å²) >= 11 is 0. The van der Waals surface area contributed by atoms with E-state index in [-0.39, 0.29) is 31.0 Å². The molecule has 1 atom stereocenters. The first-order valence-electron chi connectivity index (χ1n) is 6.79. The summed E-state index contributed by atoms with van der Waals surface area (Å²) in [6, 6.07) is -0.645. The van der Waals surface area contributed by atoms with Crippen LogP contribution in [0.15, 0.2) is 6.33 Å². The highest BCUT2D eigenvalue weighted by molar-refractivity contribution is 5.75. The molecule has 0 aliphatic carbocycles. The Kier molecular flexibility index (Phi) is 5.69. The lowest BCUT2D eigenvalue weighted by Crippen LogP contribution is -2.39. The number of amides is 2. The van der Waals surface area contributed by atoms with E-state index >= 15 is 0 Å². The number of aryl methyl sites for hydroxylation is 1. The Morgan fingerprint density at radius 3 is 2.62 bits per heavy atom. The lowest BCUT2D eigenvalue weighted by atomic mass is 10.2. The lowest BCUT2D eigenvalue weighted by Gasteiger charge is -2.19. The number of ether oxygens (including phenoxy) is 1. The summed E-state index contributed by atoms with van der Waals surface area (Å²) < 4.78 is 6.87. The highest BCUT2D eigenvalue weighted by atomic mass is 16.6. The van der Waals surface area contributed by atoms with Gasteiger partial charge in [-0.3, -0.25) is 4.79 Å². The molecule has 0 unspecified atom stereocenters. The van der Waals surface area contributed by atoms with Gasteiger partial charge in [-0.05, 0) is 27.7 Å². The van der Waals surface area contributed by atoms with E-state index in [1.54, 1.807) is 45.6 Å². The van der Waals surface area contributed by atoms with Crippen molar-refractivity contribution in [3.05, 3.63) is 12.2 Å². The molecule has 21 heavy (non-hydrogen) atoms. The zero-order valence-corrected chi connectivity index (χ0v) is 13.1. The standard InChI is InChI=1S/C13H23N5O3/c1-9(11-17-15-8-18(11)5)16-12(20)14-7-6-10(19)21-13(2,3)4/h8-9H,6-7H2,1-5H3,(H2,14,16,20)/t9-/m0/s1. The third-order valence-electron chi connectivity index (χ3n) is 2.52. The average molecular weight is 297 g/mol. The number of aromatic nitrogens is 3. The van der Waals surface area contributed by atoms with E-state index in [0.29, 0.717) is 5.82 Å². The molecule has 0 aromatic carbocycles. The van der Waals surface area contributed by atoms with Crippen LogP contribution in [0.25, 0.3) is 0 Å². The molecule has 0 saturated heterocycles. The summed E-state index contributed by atoms with van der Waals surface area (Å²) in [5.74, 6) is 0.307. The minimum atomic E-state index is -0.515. The fourth-order valence-corrected chi connectivity index (χ4v) is 1.67. The largest absolute Gasteiger partial charge is 0.460 e. The number of hydrogen-bond donors (Lipinski definition) is 2. The van der Waals surface area contributed by atoms with Gasteiger partial charge in [0.2, 0.25) is 0 Å². The number of carbonyl (C=O) groups excluding carboxylic acids is 2. The van der Waals surface area contributed by atoms with E-state index in [2.05, 4.69) is 20.8 Å². The van der Waals surface area contributed by atoms with Crippen molar-refractivity contribution in [1.29, 1.82) is 0 Å². The van der Waals surface area contributed by atoms with Crippen LogP contribution in [0.1, 0.15) is 46.0 Å². The zero-order chi connectivity index (χ0) is 16.0. The first-order valence-corrected chi connectivity index (χ1v) is 6.79. The van der Waals surface area contributed by atoms with E-state index in [1.165, 1.54) is 0 Å². The predicted octanol–water partition coefficient (Wildman–Crippen LogP) is 0.907. The normalized spacial score (nSPS) is 12.6. The van der Waals surface area contributed by atoms with E-state index in [9.17, 15) is 9.59 Å². The summed E-state index contributed by atoms with van der Waals surface area (Å²) in [6.45, 7) is 7.42. The Morgan fingerprint density at radius 2 is 2.10 bits per heavy atom. The fourth-order valence-electron chi connectivity index (χ4n) is 1.67. The van der Waals surface area contributed by atoms with Gasteiger partial charge in [-0.1, -0.05) is 0 Å². The molecule has 0 saturated carbocycles. The zero-order valence-electron chi connectivity index (χ0n) is 13.1. The van der Waals surface area contributed by atoms with Crippen LogP contribution in [0.4, 0.5) is 4.79 Å². The monoisotopic (exact) mass is 297 g/mol. The molecule has 1 heterocycles. The van der Waals surface area contributed by atoms with Crippen molar-refractivity contribution in [3.63, 3.8) is 0 Å². The maximum atomic E-state index is 11.7. The smallest absolute Gasteiger partial charge is 0.315 e. The average Bonchev–Trinajstić information content (AvgIpc) is 2.72. The molecule has 8 heteroatoms. The Bertz CT molecular complexity index is 492. The van der Waals surface area contributed by atoms with Gasteiger partial charge in [0.25, 0.3) is 0 Å². The summed E-state index contributed by atoms with van der Waals surface area (Å²) in [7, 11) is 1.80. The van der Waals surface area contributed by atoms with Gasteiger partial charge in [-0.15, -0.1) is 10.2 Å². The Morgan fingerprint density at radius 1 is 1.43 bits per heavy atom.